The van der Waals surface area contributed by atoms with Gasteiger partial charge in [-0.05, 0) is 116 Å². The Labute approximate surface area is 396 Å². The van der Waals surface area contributed by atoms with Crippen LogP contribution >= 0.6 is 11.6 Å². The number of rotatable bonds is 14. The molecule has 9 rings (SSSR count). The SMILES string of the molecule is CC1(C)CCC(CN2CCN(c3ccc(C(=O)NS(=O)(=O)c4ccc(N[C@@H]5CCN(C6CCOCC6)C5)c([N+](=O)[O-])c4)c(-n4cccc4Oc4cccnc4)c3)CC2)=C(c2ccc(Cl)cc2)C1. The standard InChI is InChI=1S/C50H57ClN8O7S/c1-50(2)19-15-36(44(31-50)35-7-9-37(51)10-8-35)33-55-23-25-56(26-24-55)40-11-13-43(46(29-40)58-21-4-6-48(58)66-41-5-3-20-52-32-41)49(60)54-67(63,64)42-12-14-45(47(30-42)59(61)62)53-38-16-22-57(34-38)39-17-27-65-28-18-39/h3-14,20-21,29-30,32,38-39,53H,15-19,22-28,31,33-34H2,1-2H3,(H,54,60)/t38-/m1/s1. The van der Waals surface area contributed by atoms with Crippen LogP contribution in [0.5, 0.6) is 11.6 Å². The van der Waals surface area contributed by atoms with Crippen LogP contribution in [-0.4, -0.2) is 110 Å². The number of allylic oxidation sites excluding steroid dienone is 1. The fourth-order valence-electron chi connectivity index (χ4n) is 9.88. The summed E-state index contributed by atoms with van der Waals surface area (Å²) in [5.41, 5.74) is 5.47. The quantitative estimate of drug-likeness (QED) is 0.0805. The first-order valence-electron chi connectivity index (χ1n) is 23.1. The molecule has 1 aliphatic carbocycles. The van der Waals surface area contributed by atoms with E-state index in [-0.39, 0.29) is 22.7 Å². The maximum absolute atomic E-state index is 14.3. The summed E-state index contributed by atoms with van der Waals surface area (Å²) in [5, 5.41) is 16.4. The third-order valence-corrected chi connectivity index (χ3v) is 15.2. The summed E-state index contributed by atoms with van der Waals surface area (Å²) in [6, 6.07) is 24.6. The molecule has 1 atom stereocenters. The number of nitro groups is 1. The Morgan fingerprint density at radius 2 is 1.76 bits per heavy atom. The van der Waals surface area contributed by atoms with Crippen LogP contribution in [0, 0.1) is 15.5 Å². The lowest BCUT2D eigenvalue weighted by atomic mass is 9.72. The van der Waals surface area contributed by atoms with Gasteiger partial charge in [0.2, 0.25) is 5.88 Å². The average Bonchev–Trinajstić information content (AvgIpc) is 4.00. The van der Waals surface area contributed by atoms with Crippen molar-refractivity contribution in [1.82, 2.24) is 24.1 Å². The van der Waals surface area contributed by atoms with Gasteiger partial charge in [-0.2, -0.15) is 0 Å². The third-order valence-electron chi connectivity index (χ3n) is 13.6. The molecule has 5 aromatic rings. The molecule has 0 radical (unpaired) electrons. The highest BCUT2D eigenvalue weighted by atomic mass is 35.5. The molecule has 2 aromatic heterocycles. The monoisotopic (exact) mass is 948 g/mol. The number of pyridine rings is 1. The summed E-state index contributed by atoms with van der Waals surface area (Å²) >= 11 is 6.26. The number of hydrogen-bond donors (Lipinski definition) is 2. The first-order valence-corrected chi connectivity index (χ1v) is 24.9. The molecule has 0 unspecified atom stereocenters. The first kappa shape index (κ1) is 46.3. The number of piperazine rings is 1. The van der Waals surface area contributed by atoms with Crippen molar-refractivity contribution in [3.63, 3.8) is 0 Å². The molecule has 0 bridgehead atoms. The van der Waals surface area contributed by atoms with Crippen LogP contribution in [0.15, 0.2) is 114 Å². The van der Waals surface area contributed by atoms with E-state index in [9.17, 15) is 23.3 Å². The molecule has 2 N–H and O–H groups in total. The van der Waals surface area contributed by atoms with Crippen LogP contribution in [0.25, 0.3) is 11.3 Å². The summed E-state index contributed by atoms with van der Waals surface area (Å²) in [4.78, 5) is 36.9. The van der Waals surface area contributed by atoms with Gasteiger partial charge in [0.1, 0.15) is 11.4 Å². The third kappa shape index (κ3) is 10.8. The normalized spacial score (nSPS) is 19.6. The zero-order valence-corrected chi connectivity index (χ0v) is 39.5. The second-order valence-electron chi connectivity index (χ2n) is 18.7. The van der Waals surface area contributed by atoms with Gasteiger partial charge in [0.25, 0.3) is 21.6 Å². The molecule has 0 saturated carbocycles. The zero-order chi connectivity index (χ0) is 46.7. The van der Waals surface area contributed by atoms with Gasteiger partial charge in [-0.1, -0.05) is 43.2 Å². The van der Waals surface area contributed by atoms with Crippen molar-refractivity contribution in [2.45, 2.75) is 69.4 Å². The number of carbonyl (C=O) groups is 1. The number of hydrogen-bond acceptors (Lipinski definition) is 12. The van der Waals surface area contributed by atoms with Crippen molar-refractivity contribution in [3.8, 4) is 17.3 Å². The van der Waals surface area contributed by atoms with Gasteiger partial charge in [-0.15, -0.1) is 0 Å². The molecule has 5 heterocycles. The molecule has 3 aromatic carbocycles. The summed E-state index contributed by atoms with van der Waals surface area (Å²) in [6.45, 7) is 11.7. The molecule has 0 spiro atoms. The van der Waals surface area contributed by atoms with Crippen molar-refractivity contribution in [1.29, 1.82) is 0 Å². The van der Waals surface area contributed by atoms with E-state index in [2.05, 4.69) is 55.7 Å². The fourth-order valence-corrected chi connectivity index (χ4v) is 11.0. The topological polar surface area (TPSA) is 164 Å². The Balaban J connectivity index is 0.940. The molecule has 17 heteroatoms. The molecule has 3 saturated heterocycles. The maximum atomic E-state index is 14.3. The number of benzene rings is 3. The van der Waals surface area contributed by atoms with E-state index in [1.165, 1.54) is 28.8 Å². The molecule has 3 aliphatic heterocycles. The number of likely N-dealkylation sites (tertiary alicyclic amines) is 1. The minimum atomic E-state index is -4.58. The van der Waals surface area contributed by atoms with Crippen molar-refractivity contribution < 1.29 is 27.6 Å². The summed E-state index contributed by atoms with van der Waals surface area (Å²) in [7, 11) is -4.58. The Hall–Kier alpha value is -5.78. The van der Waals surface area contributed by atoms with E-state index >= 15 is 0 Å². The number of anilines is 2. The van der Waals surface area contributed by atoms with Gasteiger partial charge in [-0.25, -0.2) is 13.1 Å². The van der Waals surface area contributed by atoms with E-state index in [0.717, 1.165) is 114 Å². The van der Waals surface area contributed by atoms with Crippen LogP contribution in [0.2, 0.25) is 5.02 Å². The number of nitro benzene ring substituents is 1. The number of nitrogens with zero attached hydrogens (tertiary/aromatic N) is 6. The van der Waals surface area contributed by atoms with Gasteiger partial charge in [0, 0.05) is 106 Å². The van der Waals surface area contributed by atoms with Crippen molar-refractivity contribution in [2.24, 2.45) is 5.41 Å². The lowest BCUT2D eigenvalue weighted by molar-refractivity contribution is -0.384. The fraction of sp³-hybridized carbons (Fsp3) is 0.400. The van der Waals surface area contributed by atoms with Crippen molar-refractivity contribution >= 4 is 50.2 Å². The van der Waals surface area contributed by atoms with Crippen LogP contribution in [0.3, 0.4) is 0 Å². The highest BCUT2D eigenvalue weighted by Crippen LogP contribution is 2.43. The van der Waals surface area contributed by atoms with Crippen LogP contribution in [0.4, 0.5) is 17.1 Å². The summed E-state index contributed by atoms with van der Waals surface area (Å²) in [6.07, 6.45) is 10.8. The average molecular weight is 950 g/mol. The van der Waals surface area contributed by atoms with Gasteiger partial charge < -0.3 is 19.7 Å². The number of ether oxygens (including phenoxy) is 2. The van der Waals surface area contributed by atoms with E-state index in [0.29, 0.717) is 23.4 Å². The molecule has 4 aliphatic rings. The lowest BCUT2D eigenvalue weighted by Gasteiger charge is -2.39. The lowest BCUT2D eigenvalue weighted by Crippen LogP contribution is -2.47. The predicted molar refractivity (Wildman–Crippen MR) is 260 cm³/mol. The van der Waals surface area contributed by atoms with Gasteiger partial charge in [0.15, 0.2) is 0 Å². The van der Waals surface area contributed by atoms with Crippen LogP contribution in [0.1, 0.15) is 68.3 Å². The van der Waals surface area contributed by atoms with E-state index in [1.807, 2.05) is 24.3 Å². The Morgan fingerprint density at radius 3 is 2.51 bits per heavy atom. The maximum Gasteiger partial charge on any atom is 0.293 e. The second kappa shape index (κ2) is 19.8. The summed E-state index contributed by atoms with van der Waals surface area (Å²) < 4.78 is 43.5. The molecule has 67 heavy (non-hydrogen) atoms. The number of carbonyl (C=O) groups excluding carboxylic acids is 1. The summed E-state index contributed by atoms with van der Waals surface area (Å²) in [5.74, 6) is -0.0516. The number of sulfonamides is 1. The van der Waals surface area contributed by atoms with Gasteiger partial charge in [-0.3, -0.25) is 34.3 Å². The number of nitrogens with one attached hydrogen (secondary N) is 2. The Kier molecular flexibility index (Phi) is 13.7. The Morgan fingerprint density at radius 1 is 0.970 bits per heavy atom. The highest BCUT2D eigenvalue weighted by Gasteiger charge is 2.33. The number of amides is 1. The smallest absolute Gasteiger partial charge is 0.293 e. The molecule has 1 amide bonds. The van der Waals surface area contributed by atoms with Gasteiger partial charge >= 0.3 is 0 Å². The number of aromatic nitrogens is 2. The molecule has 352 valence electrons. The molecular formula is C50H57ClN8O7S. The van der Waals surface area contributed by atoms with E-state index in [1.54, 1.807) is 53.5 Å². The van der Waals surface area contributed by atoms with Crippen LogP contribution in [-0.2, 0) is 14.8 Å². The van der Waals surface area contributed by atoms with Gasteiger partial charge in [0.05, 0.1) is 27.3 Å². The molecular weight excluding hydrogens is 892 g/mol. The van der Waals surface area contributed by atoms with E-state index in [4.69, 9.17) is 21.1 Å². The van der Waals surface area contributed by atoms with Crippen LogP contribution < -0.4 is 19.7 Å². The van der Waals surface area contributed by atoms with E-state index < -0.39 is 31.4 Å². The minimum absolute atomic E-state index is 0.0457. The zero-order valence-electron chi connectivity index (χ0n) is 37.9. The van der Waals surface area contributed by atoms with Crippen molar-refractivity contribution in [3.05, 3.63) is 135 Å². The molecule has 3 fully saturated rings. The first-order chi connectivity index (χ1) is 32.3. The minimum Gasteiger partial charge on any atom is -0.439 e. The Bertz CT molecular complexity index is 2730. The highest BCUT2D eigenvalue weighted by molar-refractivity contribution is 7.90. The largest absolute Gasteiger partial charge is 0.439 e. The predicted octanol–water partition coefficient (Wildman–Crippen LogP) is 8.80. The number of halogens is 1. The molecule has 15 nitrogen and oxygen atoms in total. The second-order valence-corrected chi connectivity index (χ2v) is 20.9. The van der Waals surface area contributed by atoms with Crippen molar-refractivity contribution in [2.75, 3.05) is 69.2 Å².